The first kappa shape index (κ1) is 8.85. The zero-order chi connectivity index (χ0) is 10.3. The summed E-state index contributed by atoms with van der Waals surface area (Å²) in [7, 11) is 0. The maximum atomic E-state index is 4.56. The van der Waals surface area contributed by atoms with E-state index in [-0.39, 0.29) is 6.04 Å². The zero-order valence-corrected chi connectivity index (χ0v) is 9.03. The van der Waals surface area contributed by atoms with Crippen LogP contribution in [0.4, 0.5) is 0 Å². The summed E-state index contributed by atoms with van der Waals surface area (Å²) in [5, 5.41) is 9.92. The van der Waals surface area contributed by atoms with Crippen LogP contribution < -0.4 is 0 Å². The lowest BCUT2D eigenvalue weighted by Gasteiger charge is -1.99. The molecule has 74 valence electrons. The molecule has 0 fully saturated rings. The van der Waals surface area contributed by atoms with E-state index in [1.165, 1.54) is 11.1 Å². The average Bonchev–Trinajstić information content (AvgIpc) is 2.76. The van der Waals surface area contributed by atoms with Crippen LogP contribution in [0.2, 0.25) is 0 Å². The van der Waals surface area contributed by atoms with Gasteiger partial charge >= 0.3 is 0 Å². The molecule has 1 atom stereocenters. The van der Waals surface area contributed by atoms with Crippen LogP contribution in [0.1, 0.15) is 11.1 Å². The highest BCUT2D eigenvalue weighted by Gasteiger charge is 2.28. The first-order valence-corrected chi connectivity index (χ1v) is 5.58. The highest BCUT2D eigenvalue weighted by molar-refractivity contribution is 8.27. The molecule has 0 aromatic heterocycles. The van der Waals surface area contributed by atoms with Crippen LogP contribution in [0.15, 0.2) is 39.5 Å². The molecule has 0 N–H and O–H groups in total. The Kier molecular flexibility index (Phi) is 1.95. The minimum Gasteiger partial charge on any atom is -0.261 e. The van der Waals surface area contributed by atoms with E-state index in [2.05, 4.69) is 46.4 Å². The molecular weight excluding hydrogens is 206 g/mol. The molecule has 2 aliphatic heterocycles. The molecule has 1 aromatic carbocycles. The van der Waals surface area contributed by atoms with E-state index < -0.39 is 0 Å². The molecule has 0 aliphatic carbocycles. The molecule has 3 nitrogen and oxygen atoms in total. The molecule has 2 heterocycles. The fourth-order valence-electron chi connectivity index (χ4n) is 1.61. The number of benzene rings is 1. The van der Waals surface area contributed by atoms with Crippen molar-refractivity contribution in [2.24, 2.45) is 15.2 Å². The number of rotatable bonds is 1. The standard InChI is InChI=1S/C11H9N3S/c1-7-3-2-4-8(5-7)10-13-9-6-12-14-11(9)15-10/h2-6,9H,1H3/t9-/m1/s1. The van der Waals surface area contributed by atoms with Gasteiger partial charge in [0.2, 0.25) is 0 Å². The monoisotopic (exact) mass is 215 g/mol. The second-order valence-corrected chi connectivity index (χ2v) is 4.56. The summed E-state index contributed by atoms with van der Waals surface area (Å²) in [5.41, 5.74) is 2.42. The van der Waals surface area contributed by atoms with Crippen molar-refractivity contribution in [1.82, 2.24) is 0 Å². The molecular formula is C11H9N3S. The van der Waals surface area contributed by atoms with Crippen molar-refractivity contribution >= 4 is 28.1 Å². The number of nitrogens with zero attached hydrogens (tertiary/aromatic N) is 3. The number of fused-ring (bicyclic) bond motifs is 1. The van der Waals surface area contributed by atoms with E-state index in [1.807, 2.05) is 0 Å². The van der Waals surface area contributed by atoms with Gasteiger partial charge in [0, 0.05) is 5.56 Å². The Morgan fingerprint density at radius 3 is 3.07 bits per heavy atom. The molecule has 4 heteroatoms. The summed E-state index contributed by atoms with van der Waals surface area (Å²) in [6, 6.07) is 8.44. The lowest BCUT2D eigenvalue weighted by molar-refractivity contribution is 1.22. The van der Waals surface area contributed by atoms with Gasteiger partial charge < -0.3 is 0 Å². The van der Waals surface area contributed by atoms with E-state index in [9.17, 15) is 0 Å². The maximum Gasteiger partial charge on any atom is 0.138 e. The third-order valence-corrected chi connectivity index (χ3v) is 3.41. The predicted octanol–water partition coefficient (Wildman–Crippen LogP) is 2.25. The first-order valence-electron chi connectivity index (χ1n) is 4.77. The zero-order valence-electron chi connectivity index (χ0n) is 8.21. The van der Waals surface area contributed by atoms with E-state index >= 15 is 0 Å². The fourth-order valence-corrected chi connectivity index (χ4v) is 2.54. The lowest BCUT2D eigenvalue weighted by Crippen LogP contribution is -2.06. The average molecular weight is 215 g/mol. The number of aliphatic imine (C=N–C) groups is 1. The van der Waals surface area contributed by atoms with Crippen LogP contribution >= 0.6 is 11.8 Å². The molecule has 2 aliphatic rings. The van der Waals surface area contributed by atoms with Crippen molar-refractivity contribution in [2.75, 3.05) is 0 Å². The second kappa shape index (κ2) is 3.31. The van der Waals surface area contributed by atoms with Crippen molar-refractivity contribution in [2.45, 2.75) is 13.0 Å². The lowest BCUT2D eigenvalue weighted by atomic mass is 10.1. The van der Waals surface area contributed by atoms with Gasteiger partial charge in [0.05, 0.1) is 6.21 Å². The van der Waals surface area contributed by atoms with E-state index in [1.54, 1.807) is 18.0 Å². The number of hydrogen-bond donors (Lipinski definition) is 0. The minimum atomic E-state index is 0.0745. The van der Waals surface area contributed by atoms with Crippen molar-refractivity contribution in [3.05, 3.63) is 35.4 Å². The predicted molar refractivity (Wildman–Crippen MR) is 65.0 cm³/mol. The van der Waals surface area contributed by atoms with Gasteiger partial charge in [-0.3, -0.25) is 4.99 Å². The highest BCUT2D eigenvalue weighted by atomic mass is 32.2. The Balaban J connectivity index is 1.97. The summed E-state index contributed by atoms with van der Waals surface area (Å²) >= 11 is 1.62. The summed E-state index contributed by atoms with van der Waals surface area (Å²) < 4.78 is 0. The van der Waals surface area contributed by atoms with E-state index in [0.29, 0.717) is 0 Å². The third kappa shape index (κ3) is 1.51. The summed E-state index contributed by atoms with van der Waals surface area (Å²) in [4.78, 5) is 4.56. The van der Waals surface area contributed by atoms with Crippen molar-refractivity contribution in [3.63, 3.8) is 0 Å². The van der Waals surface area contributed by atoms with Crippen LogP contribution in [0, 0.1) is 6.92 Å². The SMILES string of the molecule is Cc1cccc(C2=N[C@@H]3C=NN=C3S2)c1. The molecule has 0 amide bonds. The summed E-state index contributed by atoms with van der Waals surface area (Å²) in [6.45, 7) is 2.09. The van der Waals surface area contributed by atoms with E-state index in [0.717, 1.165) is 10.1 Å². The highest BCUT2D eigenvalue weighted by Crippen LogP contribution is 2.28. The van der Waals surface area contributed by atoms with Gasteiger partial charge in [0.1, 0.15) is 16.1 Å². The first-order chi connectivity index (χ1) is 7.33. The Labute approximate surface area is 92.0 Å². The molecule has 1 aromatic rings. The molecule has 0 radical (unpaired) electrons. The Hall–Kier alpha value is -1.42. The summed E-state index contributed by atoms with van der Waals surface area (Å²) in [6.07, 6.45) is 1.78. The number of thioether (sulfide) groups is 1. The van der Waals surface area contributed by atoms with Gasteiger partial charge in [0.25, 0.3) is 0 Å². The maximum absolute atomic E-state index is 4.56. The Morgan fingerprint density at radius 2 is 2.27 bits per heavy atom. The van der Waals surface area contributed by atoms with Crippen molar-refractivity contribution in [3.8, 4) is 0 Å². The molecule has 0 bridgehead atoms. The molecule has 3 rings (SSSR count). The van der Waals surface area contributed by atoms with Gasteiger partial charge in [-0.25, -0.2) is 0 Å². The van der Waals surface area contributed by atoms with Gasteiger partial charge in [-0.2, -0.15) is 5.10 Å². The van der Waals surface area contributed by atoms with Crippen LogP contribution in [0.5, 0.6) is 0 Å². The van der Waals surface area contributed by atoms with Gasteiger partial charge in [-0.15, -0.1) is 5.10 Å². The van der Waals surface area contributed by atoms with Crippen LogP contribution in [-0.2, 0) is 0 Å². The van der Waals surface area contributed by atoms with Crippen LogP contribution in [-0.4, -0.2) is 22.3 Å². The molecule has 0 spiro atoms. The van der Waals surface area contributed by atoms with Crippen LogP contribution in [0.3, 0.4) is 0 Å². The quantitative estimate of drug-likeness (QED) is 0.708. The third-order valence-electron chi connectivity index (χ3n) is 2.34. The second-order valence-electron chi connectivity index (χ2n) is 3.55. The Bertz CT molecular complexity index is 502. The normalized spacial score (nSPS) is 22.6. The largest absolute Gasteiger partial charge is 0.261 e. The summed E-state index contributed by atoms with van der Waals surface area (Å²) in [5.74, 6) is 0. The Morgan fingerprint density at radius 1 is 1.33 bits per heavy atom. The minimum absolute atomic E-state index is 0.0745. The van der Waals surface area contributed by atoms with Gasteiger partial charge in [0.15, 0.2) is 0 Å². The smallest absolute Gasteiger partial charge is 0.138 e. The fraction of sp³-hybridized carbons (Fsp3) is 0.182. The molecule has 0 saturated carbocycles. The molecule has 0 unspecified atom stereocenters. The number of hydrogen-bond acceptors (Lipinski definition) is 4. The molecule has 15 heavy (non-hydrogen) atoms. The number of aryl methyl sites for hydroxylation is 1. The van der Waals surface area contributed by atoms with Gasteiger partial charge in [-0.1, -0.05) is 23.8 Å². The topological polar surface area (TPSA) is 37.1 Å². The van der Waals surface area contributed by atoms with E-state index in [4.69, 9.17) is 0 Å². The molecule has 0 saturated heterocycles. The van der Waals surface area contributed by atoms with Crippen LogP contribution in [0.25, 0.3) is 0 Å². The van der Waals surface area contributed by atoms with Gasteiger partial charge in [-0.05, 0) is 24.8 Å². The van der Waals surface area contributed by atoms with Crippen molar-refractivity contribution in [1.29, 1.82) is 0 Å². The van der Waals surface area contributed by atoms with Crippen molar-refractivity contribution < 1.29 is 0 Å².